The summed E-state index contributed by atoms with van der Waals surface area (Å²) in [5.74, 6) is -1.40. The van der Waals surface area contributed by atoms with Gasteiger partial charge in [0.25, 0.3) is 15.9 Å². The predicted molar refractivity (Wildman–Crippen MR) is 97.5 cm³/mol. The van der Waals surface area contributed by atoms with E-state index in [4.69, 9.17) is 0 Å². The highest BCUT2D eigenvalue weighted by Gasteiger charge is 2.36. The third kappa shape index (κ3) is 3.73. The highest BCUT2D eigenvalue weighted by atomic mass is 32.2. The van der Waals surface area contributed by atoms with Gasteiger partial charge in [-0.25, -0.2) is 12.7 Å². The minimum atomic E-state index is -4.38. The summed E-state index contributed by atoms with van der Waals surface area (Å²) in [5.41, 5.74) is 0.736. The second-order valence-electron chi connectivity index (χ2n) is 5.78. The zero-order chi connectivity index (χ0) is 19.4. The lowest BCUT2D eigenvalue weighted by Crippen LogP contribution is -2.40. The van der Waals surface area contributed by atoms with Crippen molar-refractivity contribution in [2.75, 3.05) is 13.1 Å². The number of nitriles is 1. The molecule has 27 heavy (non-hydrogen) atoms. The Morgan fingerprint density at radius 1 is 1.04 bits per heavy atom. The van der Waals surface area contributed by atoms with Crippen LogP contribution in [0.5, 0.6) is 0 Å². The van der Waals surface area contributed by atoms with Crippen LogP contribution in [0.15, 0.2) is 65.1 Å². The van der Waals surface area contributed by atoms with Gasteiger partial charge in [-0.15, -0.1) is 0 Å². The summed E-state index contributed by atoms with van der Waals surface area (Å²) in [6, 6.07) is 16.3. The van der Waals surface area contributed by atoms with Gasteiger partial charge in [-0.1, -0.05) is 42.5 Å². The SMILES string of the molecule is N#Cc1ccccc1S(=O)(=O)N1CC(=O)NC/C(=C\c2ccccc2)C1=O. The van der Waals surface area contributed by atoms with Crippen LogP contribution in [0.25, 0.3) is 6.08 Å². The first-order chi connectivity index (χ1) is 12.9. The molecule has 0 saturated carbocycles. The second-order valence-corrected chi connectivity index (χ2v) is 7.61. The molecular formula is C19H15N3O4S. The number of carbonyl (C=O) groups is 2. The Bertz CT molecular complexity index is 1070. The Hall–Kier alpha value is -3.44. The van der Waals surface area contributed by atoms with Gasteiger partial charge in [-0.2, -0.15) is 5.26 Å². The highest BCUT2D eigenvalue weighted by molar-refractivity contribution is 7.89. The Kier molecular flexibility index (Phi) is 5.05. The fourth-order valence-electron chi connectivity index (χ4n) is 2.65. The number of carbonyl (C=O) groups excluding carboxylic acids is 2. The molecule has 1 heterocycles. The minimum Gasteiger partial charge on any atom is -0.350 e. The maximum atomic E-state index is 13.0. The third-order valence-corrected chi connectivity index (χ3v) is 5.77. The molecule has 136 valence electrons. The summed E-state index contributed by atoms with van der Waals surface area (Å²) in [6.45, 7) is -0.731. The first-order valence-corrected chi connectivity index (χ1v) is 9.46. The van der Waals surface area contributed by atoms with E-state index in [2.05, 4.69) is 5.32 Å². The van der Waals surface area contributed by atoms with Crippen LogP contribution in [0.1, 0.15) is 11.1 Å². The molecule has 2 aromatic rings. The summed E-state index contributed by atoms with van der Waals surface area (Å²) in [6.07, 6.45) is 1.53. The summed E-state index contributed by atoms with van der Waals surface area (Å²) in [4.78, 5) is 24.6. The Morgan fingerprint density at radius 2 is 1.70 bits per heavy atom. The monoisotopic (exact) mass is 381 g/mol. The second kappa shape index (κ2) is 7.43. The lowest BCUT2D eigenvalue weighted by atomic mass is 10.1. The summed E-state index contributed by atoms with van der Waals surface area (Å²) in [5, 5.41) is 11.7. The first-order valence-electron chi connectivity index (χ1n) is 8.02. The molecule has 1 N–H and O–H groups in total. The van der Waals surface area contributed by atoms with Crippen molar-refractivity contribution in [2.45, 2.75) is 4.90 Å². The van der Waals surface area contributed by atoms with Crippen molar-refractivity contribution in [1.82, 2.24) is 9.62 Å². The minimum absolute atomic E-state index is 0.0848. The molecule has 0 bridgehead atoms. The number of hydrogen-bond acceptors (Lipinski definition) is 5. The lowest BCUT2D eigenvalue weighted by molar-refractivity contribution is -0.127. The van der Waals surface area contributed by atoms with Crippen molar-refractivity contribution in [2.24, 2.45) is 0 Å². The van der Waals surface area contributed by atoms with Crippen LogP contribution in [-0.2, 0) is 19.6 Å². The molecule has 2 aromatic carbocycles. The van der Waals surface area contributed by atoms with E-state index >= 15 is 0 Å². The van der Waals surface area contributed by atoms with Gasteiger partial charge >= 0.3 is 0 Å². The van der Waals surface area contributed by atoms with E-state index in [1.807, 2.05) is 6.07 Å². The largest absolute Gasteiger partial charge is 0.350 e. The zero-order valence-corrected chi connectivity index (χ0v) is 14.9. The van der Waals surface area contributed by atoms with E-state index < -0.39 is 28.4 Å². The van der Waals surface area contributed by atoms with E-state index in [1.54, 1.807) is 30.3 Å². The van der Waals surface area contributed by atoms with Crippen LogP contribution in [0.3, 0.4) is 0 Å². The van der Waals surface area contributed by atoms with E-state index in [1.165, 1.54) is 30.3 Å². The van der Waals surface area contributed by atoms with E-state index in [0.29, 0.717) is 9.87 Å². The number of nitrogens with zero attached hydrogens (tertiary/aromatic N) is 2. The molecule has 0 spiro atoms. The molecule has 1 aliphatic heterocycles. The smallest absolute Gasteiger partial charge is 0.268 e. The zero-order valence-electron chi connectivity index (χ0n) is 14.1. The van der Waals surface area contributed by atoms with Crippen molar-refractivity contribution in [1.29, 1.82) is 5.26 Å². The number of rotatable bonds is 3. The molecular weight excluding hydrogens is 366 g/mol. The molecule has 0 aromatic heterocycles. The van der Waals surface area contributed by atoms with Gasteiger partial charge in [-0.05, 0) is 23.8 Å². The van der Waals surface area contributed by atoms with E-state index in [0.717, 1.165) is 0 Å². The van der Waals surface area contributed by atoms with Gasteiger partial charge in [0.05, 0.1) is 5.56 Å². The van der Waals surface area contributed by atoms with Crippen LogP contribution >= 0.6 is 0 Å². The molecule has 0 aliphatic carbocycles. The fraction of sp³-hybridized carbons (Fsp3) is 0.105. The summed E-state index contributed by atoms with van der Waals surface area (Å²) in [7, 11) is -4.38. The normalized spacial score (nSPS) is 16.6. The van der Waals surface area contributed by atoms with Crippen LogP contribution in [0, 0.1) is 11.3 Å². The van der Waals surface area contributed by atoms with Crippen LogP contribution < -0.4 is 5.32 Å². The average molecular weight is 381 g/mol. The topological polar surface area (TPSA) is 107 Å². The van der Waals surface area contributed by atoms with Gasteiger partial charge in [-0.3, -0.25) is 9.59 Å². The average Bonchev–Trinajstić information content (AvgIpc) is 2.82. The number of nitrogens with one attached hydrogen (secondary N) is 1. The highest BCUT2D eigenvalue weighted by Crippen LogP contribution is 2.23. The van der Waals surface area contributed by atoms with Gasteiger partial charge in [0.15, 0.2) is 0 Å². The quantitative estimate of drug-likeness (QED) is 0.806. The fourth-order valence-corrected chi connectivity index (χ4v) is 4.15. The van der Waals surface area contributed by atoms with Crippen molar-refractivity contribution < 1.29 is 18.0 Å². The van der Waals surface area contributed by atoms with Gasteiger partial charge in [0.2, 0.25) is 5.91 Å². The first kappa shape index (κ1) is 18.4. The predicted octanol–water partition coefficient (Wildman–Crippen LogP) is 1.29. The molecule has 1 saturated heterocycles. The molecule has 3 rings (SSSR count). The number of hydrogen-bond donors (Lipinski definition) is 1. The van der Waals surface area contributed by atoms with Crippen LogP contribution in [0.4, 0.5) is 0 Å². The molecule has 1 fully saturated rings. The van der Waals surface area contributed by atoms with Crippen LogP contribution in [-0.4, -0.2) is 37.6 Å². The van der Waals surface area contributed by atoms with Crippen molar-refractivity contribution >= 4 is 27.9 Å². The lowest BCUT2D eigenvalue weighted by Gasteiger charge is -2.20. The van der Waals surface area contributed by atoms with E-state index in [9.17, 15) is 23.3 Å². The standard InChI is InChI=1S/C19H15N3O4S/c20-11-15-8-4-5-9-17(15)27(25,26)22-13-18(23)21-12-16(19(22)24)10-14-6-2-1-3-7-14/h1-10H,12-13H2,(H,21,23)/b16-10+. The third-order valence-electron chi connectivity index (χ3n) is 3.98. The van der Waals surface area contributed by atoms with Crippen molar-refractivity contribution in [3.63, 3.8) is 0 Å². The molecule has 0 unspecified atom stereocenters. The number of benzene rings is 2. The maximum absolute atomic E-state index is 13.0. The van der Waals surface area contributed by atoms with Gasteiger partial charge < -0.3 is 5.32 Å². The van der Waals surface area contributed by atoms with E-state index in [-0.39, 0.29) is 22.6 Å². The number of sulfonamides is 1. The summed E-state index contributed by atoms with van der Waals surface area (Å²) >= 11 is 0. The van der Waals surface area contributed by atoms with Crippen molar-refractivity contribution in [3.8, 4) is 6.07 Å². The van der Waals surface area contributed by atoms with Crippen LogP contribution in [0.2, 0.25) is 0 Å². The van der Waals surface area contributed by atoms with Gasteiger partial charge in [0.1, 0.15) is 17.5 Å². The molecule has 8 heteroatoms. The molecule has 0 radical (unpaired) electrons. The molecule has 7 nitrogen and oxygen atoms in total. The van der Waals surface area contributed by atoms with Gasteiger partial charge in [0, 0.05) is 12.1 Å². The Balaban J connectivity index is 2.08. The van der Waals surface area contributed by atoms with Crippen molar-refractivity contribution in [3.05, 3.63) is 71.3 Å². The molecule has 2 amide bonds. The Labute approximate surface area is 156 Å². The Morgan fingerprint density at radius 3 is 2.41 bits per heavy atom. The maximum Gasteiger partial charge on any atom is 0.268 e. The molecule has 0 atom stereocenters. The molecule has 1 aliphatic rings. The summed E-state index contributed by atoms with van der Waals surface area (Å²) < 4.78 is 26.6. The number of amides is 2.